The zero-order chi connectivity index (χ0) is 23.2. The number of carbonyl (C=O) groups is 3. The Morgan fingerprint density at radius 2 is 1.61 bits per heavy atom. The third-order valence-electron chi connectivity index (χ3n) is 5.68. The first-order chi connectivity index (χ1) is 16.0. The van der Waals surface area contributed by atoms with Gasteiger partial charge in [0.1, 0.15) is 0 Å². The second-order valence-electron chi connectivity index (χ2n) is 8.14. The van der Waals surface area contributed by atoms with Crippen molar-refractivity contribution in [2.75, 3.05) is 23.7 Å². The summed E-state index contributed by atoms with van der Waals surface area (Å²) in [6.07, 6.45) is 3.25. The summed E-state index contributed by atoms with van der Waals surface area (Å²) in [6, 6.07) is 17.5. The van der Waals surface area contributed by atoms with Crippen molar-refractivity contribution in [2.45, 2.75) is 19.4 Å². The molecule has 8 nitrogen and oxygen atoms in total. The molecular formula is C25H26N4O4. The average molecular weight is 447 g/mol. The summed E-state index contributed by atoms with van der Waals surface area (Å²) in [7, 11) is 0. The van der Waals surface area contributed by atoms with Gasteiger partial charge in [0.15, 0.2) is 5.76 Å². The van der Waals surface area contributed by atoms with Gasteiger partial charge in [-0.1, -0.05) is 12.1 Å². The van der Waals surface area contributed by atoms with Gasteiger partial charge >= 0.3 is 0 Å². The second-order valence-corrected chi connectivity index (χ2v) is 8.14. The lowest BCUT2D eigenvalue weighted by Gasteiger charge is -2.31. The minimum absolute atomic E-state index is 0.0813. The lowest BCUT2D eigenvalue weighted by atomic mass is 9.97. The SMILES string of the molecule is NC(=O)C1CCCN(Cc2ccc(NC(=O)c3ccc(NC(=O)c4ccco4)cc3)cc2)C1. The van der Waals surface area contributed by atoms with E-state index in [1.807, 2.05) is 24.3 Å². The summed E-state index contributed by atoms with van der Waals surface area (Å²) in [6.45, 7) is 2.37. The fourth-order valence-electron chi connectivity index (χ4n) is 3.89. The number of nitrogens with two attached hydrogens (primary N) is 1. The van der Waals surface area contributed by atoms with Crippen molar-refractivity contribution in [3.05, 3.63) is 83.8 Å². The number of primary amides is 1. The fraction of sp³-hybridized carbons (Fsp3) is 0.240. The van der Waals surface area contributed by atoms with Crippen LogP contribution in [-0.4, -0.2) is 35.7 Å². The molecule has 8 heteroatoms. The zero-order valence-corrected chi connectivity index (χ0v) is 18.1. The Morgan fingerprint density at radius 1 is 0.939 bits per heavy atom. The molecule has 2 heterocycles. The third-order valence-corrected chi connectivity index (χ3v) is 5.68. The van der Waals surface area contributed by atoms with E-state index in [1.165, 1.54) is 6.26 Å². The number of anilines is 2. The molecule has 1 aliphatic rings. The fourth-order valence-corrected chi connectivity index (χ4v) is 3.89. The standard InChI is InChI=1S/C25H26N4O4/c26-23(30)19-3-1-13-29(16-19)15-17-5-9-20(10-6-17)27-24(31)18-7-11-21(12-8-18)28-25(32)22-4-2-14-33-22/h2,4-12,14,19H,1,3,13,15-16H2,(H2,26,30)(H,27,31)(H,28,32). The molecule has 1 saturated heterocycles. The third kappa shape index (κ3) is 5.87. The molecule has 1 fully saturated rings. The Labute approximate surface area is 191 Å². The van der Waals surface area contributed by atoms with Crippen molar-refractivity contribution in [3.63, 3.8) is 0 Å². The van der Waals surface area contributed by atoms with Gasteiger partial charge in [-0.25, -0.2) is 0 Å². The number of amides is 3. The molecule has 0 aliphatic carbocycles. The van der Waals surface area contributed by atoms with Crippen LogP contribution in [0.15, 0.2) is 71.3 Å². The number of likely N-dealkylation sites (tertiary alicyclic amines) is 1. The van der Waals surface area contributed by atoms with Gasteiger partial charge in [0.25, 0.3) is 11.8 Å². The Kier molecular flexibility index (Phi) is 6.85. The van der Waals surface area contributed by atoms with Gasteiger partial charge in [-0.15, -0.1) is 0 Å². The van der Waals surface area contributed by atoms with Gasteiger partial charge in [-0.3, -0.25) is 19.3 Å². The largest absolute Gasteiger partial charge is 0.459 e. The number of nitrogens with zero attached hydrogens (tertiary/aromatic N) is 1. The van der Waals surface area contributed by atoms with E-state index in [0.717, 1.165) is 31.5 Å². The van der Waals surface area contributed by atoms with Gasteiger partial charge in [0.05, 0.1) is 12.2 Å². The van der Waals surface area contributed by atoms with Crippen molar-refractivity contribution in [1.29, 1.82) is 0 Å². The highest BCUT2D eigenvalue weighted by Crippen LogP contribution is 2.20. The second kappa shape index (κ2) is 10.1. The van der Waals surface area contributed by atoms with E-state index in [9.17, 15) is 14.4 Å². The minimum Gasteiger partial charge on any atom is -0.459 e. The highest BCUT2D eigenvalue weighted by atomic mass is 16.3. The van der Waals surface area contributed by atoms with Gasteiger partial charge in [0, 0.05) is 30.0 Å². The maximum atomic E-state index is 12.6. The normalized spacial score (nSPS) is 16.2. The van der Waals surface area contributed by atoms with Crippen molar-refractivity contribution in [1.82, 2.24) is 4.90 Å². The Balaban J connectivity index is 1.30. The van der Waals surface area contributed by atoms with E-state index in [0.29, 0.717) is 23.5 Å². The predicted molar refractivity (Wildman–Crippen MR) is 125 cm³/mol. The van der Waals surface area contributed by atoms with Gasteiger partial charge in [-0.05, 0) is 73.5 Å². The van der Waals surface area contributed by atoms with Crippen molar-refractivity contribution in [3.8, 4) is 0 Å². The van der Waals surface area contributed by atoms with E-state index in [-0.39, 0.29) is 29.4 Å². The smallest absolute Gasteiger partial charge is 0.291 e. The number of hydrogen-bond donors (Lipinski definition) is 3. The molecule has 1 unspecified atom stereocenters. The molecule has 1 aromatic heterocycles. The first-order valence-corrected chi connectivity index (χ1v) is 10.8. The van der Waals surface area contributed by atoms with Crippen LogP contribution in [0.1, 0.15) is 39.3 Å². The van der Waals surface area contributed by atoms with Crippen LogP contribution < -0.4 is 16.4 Å². The monoisotopic (exact) mass is 446 g/mol. The molecule has 3 aromatic rings. The number of nitrogens with one attached hydrogen (secondary N) is 2. The molecule has 0 bridgehead atoms. The van der Waals surface area contributed by atoms with Crippen LogP contribution in [0.2, 0.25) is 0 Å². The quantitative estimate of drug-likeness (QED) is 0.514. The van der Waals surface area contributed by atoms with Gasteiger partial charge in [0.2, 0.25) is 5.91 Å². The molecule has 170 valence electrons. The predicted octanol–water partition coefficient (Wildman–Crippen LogP) is 3.48. The van der Waals surface area contributed by atoms with Gasteiger partial charge < -0.3 is 20.8 Å². The number of rotatable bonds is 7. The number of hydrogen-bond acceptors (Lipinski definition) is 5. The highest BCUT2D eigenvalue weighted by Gasteiger charge is 2.23. The molecule has 0 spiro atoms. The molecule has 0 radical (unpaired) electrons. The highest BCUT2D eigenvalue weighted by molar-refractivity contribution is 6.05. The summed E-state index contributed by atoms with van der Waals surface area (Å²) in [5.41, 5.74) is 8.29. The minimum atomic E-state index is -0.355. The Bertz CT molecular complexity index is 1110. The summed E-state index contributed by atoms with van der Waals surface area (Å²) >= 11 is 0. The maximum Gasteiger partial charge on any atom is 0.291 e. The van der Waals surface area contributed by atoms with E-state index in [2.05, 4.69) is 15.5 Å². The molecule has 3 amide bonds. The maximum absolute atomic E-state index is 12.6. The zero-order valence-electron chi connectivity index (χ0n) is 18.1. The summed E-state index contributed by atoms with van der Waals surface area (Å²) in [5.74, 6) is -0.694. The summed E-state index contributed by atoms with van der Waals surface area (Å²) in [4.78, 5) is 38.3. The molecule has 4 N–H and O–H groups in total. The topological polar surface area (TPSA) is 118 Å². The Hall–Kier alpha value is -3.91. The van der Waals surface area contributed by atoms with E-state index < -0.39 is 0 Å². The van der Waals surface area contributed by atoms with Crippen LogP contribution in [0.3, 0.4) is 0 Å². The molecule has 1 aliphatic heterocycles. The Morgan fingerprint density at radius 3 is 2.24 bits per heavy atom. The van der Waals surface area contributed by atoms with Crippen LogP contribution in [0.5, 0.6) is 0 Å². The number of benzene rings is 2. The van der Waals surface area contributed by atoms with Crippen LogP contribution in [0.25, 0.3) is 0 Å². The molecule has 4 rings (SSSR count). The average Bonchev–Trinajstić information content (AvgIpc) is 3.36. The number of carbonyl (C=O) groups excluding carboxylic acids is 3. The molecule has 0 saturated carbocycles. The van der Waals surface area contributed by atoms with E-state index >= 15 is 0 Å². The lowest BCUT2D eigenvalue weighted by molar-refractivity contribution is -0.123. The van der Waals surface area contributed by atoms with Crippen molar-refractivity contribution < 1.29 is 18.8 Å². The number of furan rings is 1. The van der Waals surface area contributed by atoms with Crippen molar-refractivity contribution >= 4 is 29.1 Å². The van der Waals surface area contributed by atoms with Crippen molar-refractivity contribution in [2.24, 2.45) is 11.7 Å². The molecule has 33 heavy (non-hydrogen) atoms. The van der Waals surface area contributed by atoms with E-state index in [1.54, 1.807) is 36.4 Å². The van der Waals surface area contributed by atoms with E-state index in [4.69, 9.17) is 10.2 Å². The summed E-state index contributed by atoms with van der Waals surface area (Å²) < 4.78 is 5.06. The lowest BCUT2D eigenvalue weighted by Crippen LogP contribution is -2.40. The van der Waals surface area contributed by atoms with Gasteiger partial charge in [-0.2, -0.15) is 0 Å². The summed E-state index contributed by atoms with van der Waals surface area (Å²) in [5, 5.41) is 5.59. The first kappa shape index (κ1) is 22.3. The molecule has 2 aromatic carbocycles. The first-order valence-electron chi connectivity index (χ1n) is 10.8. The van der Waals surface area contributed by atoms with Crippen LogP contribution in [0.4, 0.5) is 11.4 Å². The molecular weight excluding hydrogens is 420 g/mol. The number of piperidine rings is 1. The molecule has 1 atom stereocenters. The van der Waals surface area contributed by atoms with Crippen LogP contribution >= 0.6 is 0 Å². The van der Waals surface area contributed by atoms with Crippen LogP contribution in [-0.2, 0) is 11.3 Å². The van der Waals surface area contributed by atoms with Crippen LogP contribution in [0, 0.1) is 5.92 Å².